The molecule has 15 heavy (non-hydrogen) atoms. The zero-order chi connectivity index (χ0) is 10.8. The number of carbonyl (C=O) groups excluding carboxylic acids is 1. The van der Waals surface area contributed by atoms with Crippen LogP contribution in [0.3, 0.4) is 0 Å². The molecule has 1 aliphatic heterocycles. The first-order chi connectivity index (χ1) is 7.16. The summed E-state index contributed by atoms with van der Waals surface area (Å²) >= 11 is 0. The number of allylic oxidation sites excluding steroid dienone is 1. The fourth-order valence-electron chi connectivity index (χ4n) is 1.36. The number of hydrogen-bond donors (Lipinski definition) is 2. The second kappa shape index (κ2) is 3.65. The van der Waals surface area contributed by atoms with Gasteiger partial charge in [0.1, 0.15) is 0 Å². The van der Waals surface area contributed by atoms with Gasteiger partial charge in [0.05, 0.1) is 6.61 Å². The lowest BCUT2D eigenvalue weighted by atomic mass is 10.1. The maximum atomic E-state index is 11.2. The Hall–Kier alpha value is -1.97. The van der Waals surface area contributed by atoms with E-state index in [0.29, 0.717) is 24.4 Å². The highest BCUT2D eigenvalue weighted by Gasteiger charge is 2.18. The number of phenols is 2. The molecule has 2 rings (SSSR count). The van der Waals surface area contributed by atoms with Crippen LogP contribution in [-0.4, -0.2) is 22.6 Å². The number of phenolic OH excluding ortho intramolecular Hbond substituents is 2. The first kappa shape index (κ1) is 9.58. The van der Waals surface area contributed by atoms with Crippen LogP contribution in [0.15, 0.2) is 24.0 Å². The van der Waals surface area contributed by atoms with E-state index in [4.69, 9.17) is 9.84 Å². The Morgan fingerprint density at radius 1 is 1.27 bits per heavy atom. The molecule has 78 valence electrons. The maximum absolute atomic E-state index is 11.2. The van der Waals surface area contributed by atoms with Crippen molar-refractivity contribution in [1.29, 1.82) is 0 Å². The Balaban J connectivity index is 2.31. The minimum absolute atomic E-state index is 0.0393. The Kier molecular flexibility index (Phi) is 2.33. The minimum Gasteiger partial charge on any atom is -0.504 e. The van der Waals surface area contributed by atoms with E-state index >= 15 is 0 Å². The normalized spacial score (nSPS) is 18.1. The Bertz CT molecular complexity index is 434. The zero-order valence-corrected chi connectivity index (χ0v) is 7.93. The van der Waals surface area contributed by atoms with Crippen LogP contribution in [0.25, 0.3) is 6.08 Å². The van der Waals surface area contributed by atoms with E-state index in [0.717, 1.165) is 0 Å². The van der Waals surface area contributed by atoms with Crippen LogP contribution in [0.1, 0.15) is 12.0 Å². The average Bonchev–Trinajstić information content (AvgIpc) is 2.59. The SMILES string of the molecule is O=C1CCOC1=Cc1ccc(O)c(O)c1. The van der Waals surface area contributed by atoms with Crippen molar-refractivity contribution in [2.75, 3.05) is 6.61 Å². The molecule has 0 unspecified atom stereocenters. The first-order valence-electron chi connectivity index (χ1n) is 4.56. The molecule has 0 aliphatic carbocycles. The smallest absolute Gasteiger partial charge is 0.200 e. The molecule has 0 atom stereocenters. The molecular weight excluding hydrogens is 196 g/mol. The Morgan fingerprint density at radius 3 is 2.67 bits per heavy atom. The van der Waals surface area contributed by atoms with Crippen LogP contribution in [0.5, 0.6) is 11.5 Å². The number of benzene rings is 1. The largest absolute Gasteiger partial charge is 0.504 e. The summed E-state index contributed by atoms with van der Waals surface area (Å²) < 4.78 is 5.11. The summed E-state index contributed by atoms with van der Waals surface area (Å²) in [6.07, 6.45) is 1.95. The van der Waals surface area contributed by atoms with E-state index in [2.05, 4.69) is 0 Å². The van der Waals surface area contributed by atoms with Crippen LogP contribution in [0.2, 0.25) is 0 Å². The predicted octanol–water partition coefficient (Wildman–Crippen LogP) is 1.43. The van der Waals surface area contributed by atoms with E-state index in [1.165, 1.54) is 12.1 Å². The molecule has 4 heteroatoms. The van der Waals surface area contributed by atoms with Gasteiger partial charge in [-0.2, -0.15) is 0 Å². The van der Waals surface area contributed by atoms with Gasteiger partial charge >= 0.3 is 0 Å². The fraction of sp³-hybridized carbons (Fsp3) is 0.182. The van der Waals surface area contributed by atoms with Crippen molar-refractivity contribution in [3.05, 3.63) is 29.5 Å². The van der Waals surface area contributed by atoms with Crippen molar-refractivity contribution >= 4 is 11.9 Å². The van der Waals surface area contributed by atoms with Gasteiger partial charge in [-0.3, -0.25) is 4.79 Å². The molecule has 1 aliphatic rings. The second-order valence-corrected chi connectivity index (χ2v) is 3.28. The van der Waals surface area contributed by atoms with E-state index < -0.39 is 0 Å². The third-order valence-electron chi connectivity index (χ3n) is 2.16. The average molecular weight is 206 g/mol. The lowest BCUT2D eigenvalue weighted by Gasteiger charge is -2.00. The minimum atomic E-state index is -0.213. The molecule has 1 aromatic carbocycles. The Morgan fingerprint density at radius 2 is 2.07 bits per heavy atom. The molecule has 0 bridgehead atoms. The monoisotopic (exact) mass is 206 g/mol. The zero-order valence-electron chi connectivity index (χ0n) is 7.93. The van der Waals surface area contributed by atoms with E-state index in [9.17, 15) is 9.90 Å². The van der Waals surface area contributed by atoms with Gasteiger partial charge in [0, 0.05) is 6.42 Å². The molecule has 0 aromatic heterocycles. The summed E-state index contributed by atoms with van der Waals surface area (Å²) in [7, 11) is 0. The molecule has 0 amide bonds. The quantitative estimate of drug-likeness (QED) is 0.538. The second-order valence-electron chi connectivity index (χ2n) is 3.28. The van der Waals surface area contributed by atoms with Gasteiger partial charge in [0.15, 0.2) is 17.3 Å². The Labute approximate surface area is 86.4 Å². The number of hydrogen-bond acceptors (Lipinski definition) is 4. The van der Waals surface area contributed by atoms with E-state index in [-0.39, 0.29) is 17.3 Å². The highest BCUT2D eigenvalue weighted by atomic mass is 16.5. The van der Waals surface area contributed by atoms with Gasteiger partial charge in [-0.15, -0.1) is 0 Å². The van der Waals surface area contributed by atoms with Gasteiger partial charge in [0.25, 0.3) is 0 Å². The van der Waals surface area contributed by atoms with Crippen molar-refractivity contribution in [3.8, 4) is 11.5 Å². The molecule has 0 saturated carbocycles. The van der Waals surface area contributed by atoms with Crippen LogP contribution < -0.4 is 0 Å². The molecule has 4 nitrogen and oxygen atoms in total. The highest BCUT2D eigenvalue weighted by Crippen LogP contribution is 2.26. The summed E-state index contributed by atoms with van der Waals surface area (Å²) in [6.45, 7) is 0.411. The lowest BCUT2D eigenvalue weighted by molar-refractivity contribution is -0.114. The predicted molar refractivity (Wildman–Crippen MR) is 53.3 cm³/mol. The van der Waals surface area contributed by atoms with Crippen LogP contribution in [0, 0.1) is 0 Å². The molecule has 1 aromatic rings. The topological polar surface area (TPSA) is 66.8 Å². The number of aromatic hydroxyl groups is 2. The van der Waals surface area contributed by atoms with Crippen LogP contribution in [-0.2, 0) is 9.53 Å². The number of carbonyl (C=O) groups is 1. The van der Waals surface area contributed by atoms with Crippen LogP contribution >= 0.6 is 0 Å². The number of Topliss-reactive ketones (excluding diaryl/α,β-unsaturated/α-hetero) is 1. The molecule has 0 radical (unpaired) electrons. The molecular formula is C11H10O4. The summed E-state index contributed by atoms with van der Waals surface area (Å²) in [4.78, 5) is 11.2. The molecule has 1 heterocycles. The van der Waals surface area contributed by atoms with Crippen molar-refractivity contribution in [1.82, 2.24) is 0 Å². The number of ketones is 1. The van der Waals surface area contributed by atoms with Gasteiger partial charge in [-0.05, 0) is 23.8 Å². The summed E-state index contributed by atoms with van der Waals surface area (Å²) in [5.41, 5.74) is 0.621. The third kappa shape index (κ3) is 1.93. The van der Waals surface area contributed by atoms with Gasteiger partial charge in [-0.25, -0.2) is 0 Å². The maximum Gasteiger partial charge on any atom is 0.200 e. The third-order valence-corrected chi connectivity index (χ3v) is 2.16. The van der Waals surface area contributed by atoms with Crippen molar-refractivity contribution in [2.24, 2.45) is 0 Å². The van der Waals surface area contributed by atoms with Gasteiger partial charge in [-0.1, -0.05) is 6.07 Å². The van der Waals surface area contributed by atoms with E-state index in [1.54, 1.807) is 12.1 Å². The van der Waals surface area contributed by atoms with Crippen LogP contribution in [0.4, 0.5) is 0 Å². The summed E-state index contributed by atoms with van der Waals surface area (Å²) in [6, 6.07) is 4.33. The van der Waals surface area contributed by atoms with Gasteiger partial charge in [0.2, 0.25) is 5.78 Å². The lowest BCUT2D eigenvalue weighted by Crippen LogP contribution is -1.91. The fourth-order valence-corrected chi connectivity index (χ4v) is 1.36. The summed E-state index contributed by atoms with van der Waals surface area (Å²) in [5.74, 6) is -0.131. The van der Waals surface area contributed by atoms with Gasteiger partial charge < -0.3 is 14.9 Å². The van der Waals surface area contributed by atoms with Crippen molar-refractivity contribution < 1.29 is 19.7 Å². The van der Waals surface area contributed by atoms with Crippen molar-refractivity contribution in [3.63, 3.8) is 0 Å². The number of rotatable bonds is 1. The molecule has 0 spiro atoms. The molecule has 1 saturated heterocycles. The van der Waals surface area contributed by atoms with E-state index in [1.807, 2.05) is 0 Å². The van der Waals surface area contributed by atoms with Crippen molar-refractivity contribution in [2.45, 2.75) is 6.42 Å². The molecule has 2 N–H and O–H groups in total. The summed E-state index contributed by atoms with van der Waals surface area (Å²) in [5, 5.41) is 18.3. The standard InChI is InChI=1S/C11H10O4/c12-8-2-1-7(5-10(8)14)6-11-9(13)3-4-15-11/h1-2,5-6,12,14H,3-4H2. The highest BCUT2D eigenvalue weighted by molar-refractivity contribution is 5.99. The first-order valence-corrected chi connectivity index (χ1v) is 4.56. The molecule has 1 fully saturated rings. The number of ether oxygens (including phenoxy) is 1.